The molecule has 0 aromatic heterocycles. The van der Waals surface area contributed by atoms with E-state index in [1.807, 2.05) is 44.8 Å². The number of amides is 2. The highest BCUT2D eigenvalue weighted by Crippen LogP contribution is 2.38. The summed E-state index contributed by atoms with van der Waals surface area (Å²) in [6.07, 6.45) is -8.34. The predicted octanol–water partition coefficient (Wildman–Crippen LogP) is 5.82. The van der Waals surface area contributed by atoms with E-state index < -0.39 is 84.0 Å². The van der Waals surface area contributed by atoms with Gasteiger partial charge in [-0.15, -0.1) is 0 Å². The molecule has 14 atom stereocenters. The molecule has 0 spiro atoms. The second kappa shape index (κ2) is 21.7. The molecule has 15 nitrogen and oxygen atoms in total. The van der Waals surface area contributed by atoms with E-state index in [1.54, 1.807) is 82.3 Å². The number of hydrogen-bond donors (Lipinski definition) is 5. The van der Waals surface area contributed by atoms with Crippen molar-refractivity contribution in [3.63, 3.8) is 0 Å². The monoisotopic (exact) mass is 876 g/mol. The van der Waals surface area contributed by atoms with Crippen LogP contribution >= 0.6 is 11.6 Å². The molecule has 0 radical (unpaired) electrons. The smallest absolute Gasteiger partial charge is 0.411 e. The standard InChI is InChI=1S/C45H69ClN4O11/c1-12-35-45(8,56)39(61-42(53)47-24-31-18-20-32(46)21-19-31)30(6)50(11)25-26(2)23-44(7,55)38(60-41-36(51)34(49(9)10)22-27(3)57-41)28(4)37(29(5)40(52)58-35)59-43(54)48-33-16-14-13-15-17-33/h13-21,26-30,34-39,41,51,55-56H,12,22-25H2,1-11H3,(H,47,53)(H,48,54)/t26-,27-,28+,29-,30-,34+,35-,36-,37+,38-,39-,41+,44-,45-/m1/s1. The van der Waals surface area contributed by atoms with Gasteiger partial charge in [0.05, 0.1) is 23.7 Å². The molecule has 0 bridgehead atoms. The number of carbonyl (C=O) groups excluding carboxylic acids is 3. The van der Waals surface area contributed by atoms with Gasteiger partial charge >= 0.3 is 18.2 Å². The summed E-state index contributed by atoms with van der Waals surface area (Å²) in [4.78, 5) is 45.4. The molecule has 2 saturated heterocycles. The van der Waals surface area contributed by atoms with Crippen LogP contribution in [0.1, 0.15) is 80.2 Å². The number of carbonyl (C=O) groups is 3. The fraction of sp³-hybridized carbons (Fsp3) is 0.667. The van der Waals surface area contributed by atoms with Crippen molar-refractivity contribution in [2.45, 2.75) is 147 Å². The summed E-state index contributed by atoms with van der Waals surface area (Å²) in [5.74, 6) is -3.18. The van der Waals surface area contributed by atoms with Crippen molar-refractivity contribution in [3.05, 3.63) is 65.2 Å². The van der Waals surface area contributed by atoms with Gasteiger partial charge in [-0.3, -0.25) is 15.0 Å². The molecule has 0 unspecified atom stereocenters. The summed E-state index contributed by atoms with van der Waals surface area (Å²) in [5, 5.41) is 42.6. The van der Waals surface area contributed by atoms with Crippen LogP contribution in [0.15, 0.2) is 54.6 Å². The Kier molecular flexibility index (Phi) is 17.8. The van der Waals surface area contributed by atoms with E-state index in [0.29, 0.717) is 23.7 Å². The van der Waals surface area contributed by atoms with Crippen LogP contribution in [0.5, 0.6) is 0 Å². The molecule has 2 heterocycles. The molecule has 2 amide bonds. The average Bonchev–Trinajstić information content (AvgIpc) is 3.19. The molecular formula is C45H69ClN4O11. The number of benzene rings is 2. The van der Waals surface area contributed by atoms with Crippen LogP contribution in [-0.2, 0) is 35.0 Å². The van der Waals surface area contributed by atoms with Crippen molar-refractivity contribution in [2.75, 3.05) is 33.0 Å². The number of likely N-dealkylation sites (N-methyl/N-ethyl adjacent to an activating group) is 2. The van der Waals surface area contributed by atoms with Crippen molar-refractivity contribution < 1.29 is 53.4 Å². The molecule has 2 fully saturated rings. The fourth-order valence-corrected chi connectivity index (χ4v) is 8.99. The first-order valence-corrected chi connectivity index (χ1v) is 21.7. The third-order valence-corrected chi connectivity index (χ3v) is 12.5. The molecular weight excluding hydrogens is 808 g/mol. The van der Waals surface area contributed by atoms with Gasteiger partial charge in [0, 0.05) is 41.8 Å². The second-order valence-electron chi connectivity index (χ2n) is 17.8. The number of nitrogens with one attached hydrogen (secondary N) is 2. The number of halogens is 1. The molecule has 2 aliphatic rings. The number of ether oxygens (including phenoxy) is 5. The lowest BCUT2D eigenvalue weighted by Crippen LogP contribution is -2.61. The quantitative estimate of drug-likeness (QED) is 0.150. The highest BCUT2D eigenvalue weighted by atomic mass is 35.5. The maximum Gasteiger partial charge on any atom is 0.411 e. The third kappa shape index (κ3) is 13.2. The second-order valence-corrected chi connectivity index (χ2v) is 18.3. The number of esters is 1. The molecule has 61 heavy (non-hydrogen) atoms. The topological polar surface area (TPSA) is 189 Å². The Morgan fingerprint density at radius 3 is 2.21 bits per heavy atom. The maximum absolute atomic E-state index is 14.4. The van der Waals surface area contributed by atoms with Crippen LogP contribution in [-0.4, -0.2) is 137 Å². The van der Waals surface area contributed by atoms with Gasteiger partial charge in [0.25, 0.3) is 0 Å². The van der Waals surface area contributed by atoms with Crippen molar-refractivity contribution in [3.8, 4) is 0 Å². The number of hydrogen-bond acceptors (Lipinski definition) is 13. The lowest BCUT2D eigenvalue weighted by Gasteiger charge is -2.47. The highest BCUT2D eigenvalue weighted by Gasteiger charge is 2.52. The van der Waals surface area contributed by atoms with E-state index in [4.69, 9.17) is 35.3 Å². The number of aliphatic hydroxyl groups is 3. The summed E-state index contributed by atoms with van der Waals surface area (Å²) >= 11 is 6.04. The minimum atomic E-state index is -1.93. The Morgan fingerprint density at radius 1 is 0.967 bits per heavy atom. The largest absolute Gasteiger partial charge is 0.459 e. The van der Waals surface area contributed by atoms with E-state index in [-0.39, 0.29) is 37.5 Å². The number of para-hydroxylation sites is 1. The van der Waals surface area contributed by atoms with Crippen LogP contribution in [0.4, 0.5) is 15.3 Å². The van der Waals surface area contributed by atoms with E-state index in [2.05, 4.69) is 10.6 Å². The minimum absolute atomic E-state index is 0.128. The van der Waals surface area contributed by atoms with Crippen LogP contribution < -0.4 is 10.6 Å². The Balaban J connectivity index is 1.76. The van der Waals surface area contributed by atoms with Crippen molar-refractivity contribution in [2.24, 2.45) is 17.8 Å². The Labute approximate surface area is 366 Å². The molecule has 4 rings (SSSR count). The number of aliphatic hydroxyl groups excluding tert-OH is 1. The van der Waals surface area contributed by atoms with Crippen molar-refractivity contribution in [1.82, 2.24) is 15.1 Å². The Hall–Kier alpha value is -3.54. The molecule has 342 valence electrons. The zero-order valence-electron chi connectivity index (χ0n) is 37.5. The zero-order chi connectivity index (χ0) is 45.4. The van der Waals surface area contributed by atoms with E-state index >= 15 is 0 Å². The van der Waals surface area contributed by atoms with Gasteiger partial charge in [0.1, 0.15) is 23.9 Å². The fourth-order valence-electron chi connectivity index (χ4n) is 8.86. The van der Waals surface area contributed by atoms with E-state index in [0.717, 1.165) is 5.56 Å². The SMILES string of the molecule is CC[C@H]1OC(=O)[C@H](C)[C@@H](OC(=O)Nc2ccccc2)[C@H](C)[C@@H](O[C@@H]2O[C@H](C)C[C@H](N(C)C)[C@H]2O)[C@](C)(O)C[C@@H](C)CN(C)[C@H](C)[C@@H](OC(=O)NCc2ccc(Cl)cc2)[C@]1(C)O. The van der Waals surface area contributed by atoms with E-state index in [9.17, 15) is 29.7 Å². The van der Waals surface area contributed by atoms with Crippen molar-refractivity contribution in [1.29, 1.82) is 0 Å². The summed E-state index contributed by atoms with van der Waals surface area (Å²) in [5.41, 5.74) is -2.38. The third-order valence-electron chi connectivity index (χ3n) is 12.2. The van der Waals surface area contributed by atoms with E-state index in [1.165, 1.54) is 13.8 Å². The molecule has 2 aromatic rings. The van der Waals surface area contributed by atoms with Crippen molar-refractivity contribution >= 4 is 35.4 Å². The number of rotatable bonds is 9. The molecule has 2 aliphatic heterocycles. The number of alkyl carbamates (subject to hydrolysis) is 1. The molecule has 2 aromatic carbocycles. The first kappa shape index (κ1) is 50.1. The number of nitrogens with zero attached hydrogens (tertiary/aromatic N) is 2. The summed E-state index contributed by atoms with van der Waals surface area (Å²) < 4.78 is 31.1. The minimum Gasteiger partial charge on any atom is -0.459 e. The molecule has 5 N–H and O–H groups in total. The first-order chi connectivity index (χ1) is 28.5. The average molecular weight is 878 g/mol. The zero-order valence-corrected chi connectivity index (χ0v) is 38.3. The van der Waals surface area contributed by atoms with Gasteiger partial charge in [-0.1, -0.05) is 62.7 Å². The lowest BCUT2D eigenvalue weighted by atomic mass is 9.77. The number of anilines is 1. The Bertz CT molecular complexity index is 1720. The van der Waals surface area contributed by atoms with Gasteiger partial charge in [0.15, 0.2) is 12.4 Å². The van der Waals surface area contributed by atoms with Gasteiger partial charge < -0.3 is 49.2 Å². The van der Waals surface area contributed by atoms with Gasteiger partial charge in [0.2, 0.25) is 0 Å². The normalized spacial score (nSPS) is 35.9. The van der Waals surface area contributed by atoms with Crippen LogP contribution in [0.2, 0.25) is 5.02 Å². The maximum atomic E-state index is 14.4. The number of cyclic esters (lactones) is 1. The first-order valence-electron chi connectivity index (χ1n) is 21.3. The molecule has 16 heteroatoms. The van der Waals surface area contributed by atoms with Crippen LogP contribution in [0.25, 0.3) is 0 Å². The molecule has 0 aliphatic carbocycles. The van der Waals surface area contributed by atoms with Crippen LogP contribution in [0.3, 0.4) is 0 Å². The summed E-state index contributed by atoms with van der Waals surface area (Å²) in [7, 11) is 5.54. The lowest BCUT2D eigenvalue weighted by molar-refractivity contribution is -0.299. The summed E-state index contributed by atoms with van der Waals surface area (Å²) in [6.45, 7) is 14.2. The predicted molar refractivity (Wildman–Crippen MR) is 232 cm³/mol. The van der Waals surface area contributed by atoms with Gasteiger partial charge in [-0.2, -0.15) is 0 Å². The Morgan fingerprint density at radius 2 is 1.61 bits per heavy atom. The summed E-state index contributed by atoms with van der Waals surface area (Å²) in [6, 6.07) is 14.7. The van der Waals surface area contributed by atoms with Gasteiger partial charge in [-0.25, -0.2) is 9.59 Å². The molecule has 0 saturated carbocycles. The van der Waals surface area contributed by atoms with Gasteiger partial charge in [-0.05, 0) is 111 Å². The van der Waals surface area contributed by atoms with Crippen LogP contribution in [0, 0.1) is 17.8 Å². The highest BCUT2D eigenvalue weighted by molar-refractivity contribution is 6.30.